The maximum atomic E-state index is 11.6. The highest BCUT2D eigenvalue weighted by Gasteiger charge is 2.22. The van der Waals surface area contributed by atoms with Crippen LogP contribution in [0.1, 0.15) is 13.8 Å². The van der Waals surface area contributed by atoms with Crippen molar-refractivity contribution in [3.05, 3.63) is 40.6 Å². The standard InChI is InChI=1S/C14H15N3O4/c1-3-21-14(18)9(2)16-12-7-6-11-10(5-4-8-15-11)13(12)17(19)20/h4-9,16H,3H2,1-2H3. The Morgan fingerprint density at radius 2 is 2.24 bits per heavy atom. The fraction of sp³-hybridized carbons (Fsp3) is 0.286. The summed E-state index contributed by atoms with van der Waals surface area (Å²) in [5.41, 5.74) is 0.691. The Morgan fingerprint density at radius 3 is 2.90 bits per heavy atom. The molecule has 2 rings (SSSR count). The van der Waals surface area contributed by atoms with E-state index in [-0.39, 0.29) is 18.0 Å². The summed E-state index contributed by atoms with van der Waals surface area (Å²) < 4.78 is 4.88. The first-order valence-corrected chi connectivity index (χ1v) is 6.50. The van der Waals surface area contributed by atoms with Crippen LogP contribution in [0.4, 0.5) is 11.4 Å². The van der Waals surface area contributed by atoms with Crippen molar-refractivity contribution >= 4 is 28.2 Å². The van der Waals surface area contributed by atoms with Crippen LogP contribution in [0.5, 0.6) is 0 Å². The molecule has 0 aliphatic rings. The molecule has 0 radical (unpaired) electrons. The molecule has 1 atom stereocenters. The van der Waals surface area contributed by atoms with Gasteiger partial charge in [0, 0.05) is 6.20 Å². The van der Waals surface area contributed by atoms with Crippen molar-refractivity contribution in [3.8, 4) is 0 Å². The highest BCUT2D eigenvalue weighted by atomic mass is 16.6. The average Bonchev–Trinajstić information content (AvgIpc) is 2.46. The second kappa shape index (κ2) is 6.17. The number of nitro groups is 1. The zero-order valence-corrected chi connectivity index (χ0v) is 11.7. The van der Waals surface area contributed by atoms with Crippen molar-refractivity contribution in [2.45, 2.75) is 19.9 Å². The number of benzene rings is 1. The second-order valence-corrected chi connectivity index (χ2v) is 4.41. The van der Waals surface area contributed by atoms with Gasteiger partial charge in [0.05, 0.1) is 22.4 Å². The van der Waals surface area contributed by atoms with E-state index in [1.165, 1.54) is 0 Å². The molecule has 1 heterocycles. The van der Waals surface area contributed by atoms with E-state index < -0.39 is 16.9 Å². The molecule has 0 amide bonds. The summed E-state index contributed by atoms with van der Waals surface area (Å²) in [5.74, 6) is -0.460. The zero-order valence-electron chi connectivity index (χ0n) is 11.7. The molecule has 1 aromatic heterocycles. The van der Waals surface area contributed by atoms with Gasteiger partial charge in [-0.2, -0.15) is 0 Å². The third kappa shape index (κ3) is 3.07. The van der Waals surface area contributed by atoms with Crippen molar-refractivity contribution < 1.29 is 14.5 Å². The minimum absolute atomic E-state index is 0.100. The minimum Gasteiger partial charge on any atom is -0.464 e. The first kappa shape index (κ1) is 14.7. The predicted molar refractivity (Wildman–Crippen MR) is 78.1 cm³/mol. The van der Waals surface area contributed by atoms with Gasteiger partial charge in [-0.15, -0.1) is 0 Å². The fourth-order valence-corrected chi connectivity index (χ4v) is 2.01. The lowest BCUT2D eigenvalue weighted by Gasteiger charge is -2.14. The molecule has 0 spiro atoms. The number of fused-ring (bicyclic) bond motifs is 1. The van der Waals surface area contributed by atoms with E-state index in [0.29, 0.717) is 10.9 Å². The summed E-state index contributed by atoms with van der Waals surface area (Å²) in [6.07, 6.45) is 1.57. The number of carbonyl (C=O) groups is 1. The van der Waals surface area contributed by atoms with Crippen LogP contribution in [0.15, 0.2) is 30.5 Å². The van der Waals surface area contributed by atoms with E-state index in [4.69, 9.17) is 4.74 Å². The van der Waals surface area contributed by atoms with Gasteiger partial charge in [-0.25, -0.2) is 4.79 Å². The molecule has 0 bridgehead atoms. The largest absolute Gasteiger partial charge is 0.464 e. The smallest absolute Gasteiger partial charge is 0.328 e. The number of pyridine rings is 1. The average molecular weight is 289 g/mol. The Kier molecular flexibility index (Phi) is 4.32. The van der Waals surface area contributed by atoms with Crippen LogP contribution in [-0.2, 0) is 9.53 Å². The topological polar surface area (TPSA) is 94.4 Å². The Balaban J connectivity index is 2.42. The number of carbonyl (C=O) groups excluding carboxylic acids is 1. The third-order valence-corrected chi connectivity index (χ3v) is 2.95. The number of esters is 1. The Morgan fingerprint density at radius 1 is 1.48 bits per heavy atom. The van der Waals surface area contributed by atoms with Crippen LogP contribution in [0, 0.1) is 10.1 Å². The van der Waals surface area contributed by atoms with Crippen molar-refractivity contribution in [2.75, 3.05) is 11.9 Å². The van der Waals surface area contributed by atoms with Gasteiger partial charge in [0.15, 0.2) is 0 Å². The number of nitrogens with one attached hydrogen (secondary N) is 1. The summed E-state index contributed by atoms with van der Waals surface area (Å²) in [4.78, 5) is 26.6. The van der Waals surface area contributed by atoms with Gasteiger partial charge < -0.3 is 10.1 Å². The first-order chi connectivity index (χ1) is 10.0. The van der Waals surface area contributed by atoms with Gasteiger partial charge in [0.25, 0.3) is 0 Å². The quantitative estimate of drug-likeness (QED) is 0.516. The molecule has 110 valence electrons. The zero-order chi connectivity index (χ0) is 15.4. The molecule has 7 nitrogen and oxygen atoms in total. The molecule has 1 N–H and O–H groups in total. The number of ether oxygens (including phenoxy) is 1. The van der Waals surface area contributed by atoms with Gasteiger partial charge in [-0.1, -0.05) is 0 Å². The summed E-state index contributed by atoms with van der Waals surface area (Å²) >= 11 is 0. The molecule has 0 fully saturated rings. The van der Waals surface area contributed by atoms with Crippen LogP contribution >= 0.6 is 0 Å². The monoisotopic (exact) mass is 289 g/mol. The van der Waals surface area contributed by atoms with Gasteiger partial charge >= 0.3 is 11.7 Å². The minimum atomic E-state index is -0.683. The van der Waals surface area contributed by atoms with Gasteiger partial charge in [0.1, 0.15) is 11.7 Å². The summed E-state index contributed by atoms with van der Waals surface area (Å²) in [6.45, 7) is 3.55. The van der Waals surface area contributed by atoms with E-state index in [2.05, 4.69) is 10.3 Å². The van der Waals surface area contributed by atoms with E-state index in [9.17, 15) is 14.9 Å². The predicted octanol–water partition coefficient (Wildman–Crippen LogP) is 2.51. The number of aromatic nitrogens is 1. The van der Waals surface area contributed by atoms with Crippen LogP contribution in [0.25, 0.3) is 10.9 Å². The van der Waals surface area contributed by atoms with Crippen LogP contribution in [-0.4, -0.2) is 28.5 Å². The lowest BCUT2D eigenvalue weighted by molar-refractivity contribution is -0.382. The van der Waals surface area contributed by atoms with Crippen molar-refractivity contribution in [3.63, 3.8) is 0 Å². The second-order valence-electron chi connectivity index (χ2n) is 4.41. The Hall–Kier alpha value is -2.70. The number of nitro benzene ring substituents is 1. The lowest BCUT2D eigenvalue weighted by atomic mass is 10.1. The number of anilines is 1. The molecule has 21 heavy (non-hydrogen) atoms. The molecule has 1 aromatic carbocycles. The number of nitrogens with zero attached hydrogens (tertiary/aromatic N) is 2. The van der Waals surface area contributed by atoms with Crippen LogP contribution in [0.3, 0.4) is 0 Å². The molecule has 0 aliphatic heterocycles. The van der Waals surface area contributed by atoms with E-state index in [0.717, 1.165) is 0 Å². The Bertz CT molecular complexity index is 687. The molecule has 1 unspecified atom stereocenters. The van der Waals surface area contributed by atoms with Gasteiger partial charge in [0.2, 0.25) is 0 Å². The van der Waals surface area contributed by atoms with E-state index in [1.54, 1.807) is 44.3 Å². The van der Waals surface area contributed by atoms with E-state index in [1.807, 2.05) is 0 Å². The molecular formula is C14H15N3O4. The maximum absolute atomic E-state index is 11.6. The SMILES string of the molecule is CCOC(=O)C(C)Nc1ccc2ncccc2c1[N+](=O)[O-]. The fourth-order valence-electron chi connectivity index (χ4n) is 2.01. The molecule has 0 saturated heterocycles. The van der Waals surface area contributed by atoms with Gasteiger partial charge in [-0.3, -0.25) is 15.1 Å². The molecular weight excluding hydrogens is 274 g/mol. The van der Waals surface area contributed by atoms with Gasteiger partial charge in [-0.05, 0) is 38.1 Å². The van der Waals surface area contributed by atoms with Crippen LogP contribution in [0.2, 0.25) is 0 Å². The number of hydrogen-bond donors (Lipinski definition) is 1. The highest BCUT2D eigenvalue weighted by Crippen LogP contribution is 2.32. The summed E-state index contributed by atoms with van der Waals surface area (Å²) in [6, 6.07) is 5.79. The molecule has 2 aromatic rings. The molecule has 0 saturated carbocycles. The summed E-state index contributed by atoms with van der Waals surface area (Å²) in [7, 11) is 0. The van der Waals surface area contributed by atoms with Crippen molar-refractivity contribution in [1.82, 2.24) is 4.98 Å². The molecule has 0 aliphatic carbocycles. The van der Waals surface area contributed by atoms with Crippen molar-refractivity contribution in [1.29, 1.82) is 0 Å². The number of rotatable bonds is 5. The lowest BCUT2D eigenvalue weighted by Crippen LogP contribution is -2.28. The third-order valence-electron chi connectivity index (χ3n) is 2.95. The Labute approximate surface area is 121 Å². The maximum Gasteiger partial charge on any atom is 0.328 e. The van der Waals surface area contributed by atoms with E-state index >= 15 is 0 Å². The normalized spacial score (nSPS) is 11.9. The van der Waals surface area contributed by atoms with Crippen molar-refractivity contribution in [2.24, 2.45) is 0 Å². The number of hydrogen-bond acceptors (Lipinski definition) is 6. The summed E-state index contributed by atoms with van der Waals surface area (Å²) in [5, 5.41) is 14.6. The van der Waals surface area contributed by atoms with Crippen LogP contribution < -0.4 is 5.32 Å². The first-order valence-electron chi connectivity index (χ1n) is 6.50. The highest BCUT2D eigenvalue weighted by molar-refractivity contribution is 5.95. The molecule has 7 heteroatoms.